The summed E-state index contributed by atoms with van der Waals surface area (Å²) in [6, 6.07) is 8.53. The zero-order valence-electron chi connectivity index (χ0n) is 12.5. The first-order valence-corrected chi connectivity index (χ1v) is 7.34. The van der Waals surface area contributed by atoms with Gasteiger partial charge in [-0.3, -0.25) is 0 Å². The van der Waals surface area contributed by atoms with E-state index in [-0.39, 0.29) is 0 Å². The maximum absolute atomic E-state index is 5.23. The standard InChI is InChI=1S/C16H20N4O/c1-3-8-17-10-14-6-4-5-13-7-9-20(16(13)14)11-15-18-12(2)19-21-15/h4-7,9,17H,3,8,10-11H2,1-2H3. The fourth-order valence-electron chi connectivity index (χ4n) is 2.57. The van der Waals surface area contributed by atoms with E-state index in [1.54, 1.807) is 0 Å². The molecule has 3 aromatic rings. The number of nitrogens with zero attached hydrogens (tertiary/aromatic N) is 3. The van der Waals surface area contributed by atoms with Crippen LogP contribution >= 0.6 is 0 Å². The molecule has 0 atom stereocenters. The molecule has 1 N–H and O–H groups in total. The summed E-state index contributed by atoms with van der Waals surface area (Å²) in [6.45, 7) is 6.52. The van der Waals surface area contributed by atoms with Crippen molar-refractivity contribution in [3.63, 3.8) is 0 Å². The maximum atomic E-state index is 5.23. The Morgan fingerprint density at radius 3 is 2.95 bits per heavy atom. The molecule has 0 bridgehead atoms. The van der Waals surface area contributed by atoms with Gasteiger partial charge in [0, 0.05) is 12.7 Å². The predicted molar refractivity (Wildman–Crippen MR) is 82.1 cm³/mol. The van der Waals surface area contributed by atoms with Crippen LogP contribution in [0.4, 0.5) is 0 Å². The van der Waals surface area contributed by atoms with Crippen molar-refractivity contribution < 1.29 is 4.52 Å². The molecule has 0 fully saturated rings. The van der Waals surface area contributed by atoms with Gasteiger partial charge in [0.05, 0.1) is 5.52 Å². The topological polar surface area (TPSA) is 55.9 Å². The Labute approximate surface area is 124 Å². The van der Waals surface area contributed by atoms with Crippen LogP contribution in [0.5, 0.6) is 0 Å². The molecule has 0 aliphatic rings. The van der Waals surface area contributed by atoms with Gasteiger partial charge in [-0.1, -0.05) is 30.3 Å². The van der Waals surface area contributed by atoms with E-state index >= 15 is 0 Å². The van der Waals surface area contributed by atoms with E-state index in [1.165, 1.54) is 16.5 Å². The van der Waals surface area contributed by atoms with Crippen LogP contribution in [0.15, 0.2) is 35.0 Å². The Morgan fingerprint density at radius 2 is 2.19 bits per heavy atom. The normalized spacial score (nSPS) is 11.3. The van der Waals surface area contributed by atoms with Gasteiger partial charge in [0.25, 0.3) is 0 Å². The average Bonchev–Trinajstić information content (AvgIpc) is 3.07. The highest BCUT2D eigenvalue weighted by molar-refractivity contribution is 5.83. The van der Waals surface area contributed by atoms with E-state index in [0.29, 0.717) is 18.3 Å². The quantitative estimate of drug-likeness (QED) is 0.707. The second-order valence-corrected chi connectivity index (χ2v) is 5.21. The first kappa shape index (κ1) is 13.8. The highest BCUT2D eigenvalue weighted by atomic mass is 16.5. The van der Waals surface area contributed by atoms with Crippen molar-refractivity contribution in [1.29, 1.82) is 0 Å². The van der Waals surface area contributed by atoms with Gasteiger partial charge in [0.2, 0.25) is 5.89 Å². The summed E-state index contributed by atoms with van der Waals surface area (Å²) in [7, 11) is 0. The largest absolute Gasteiger partial charge is 0.338 e. The number of para-hydroxylation sites is 1. The van der Waals surface area contributed by atoms with Crippen LogP contribution in [0.1, 0.15) is 30.6 Å². The summed E-state index contributed by atoms with van der Waals surface area (Å²) in [5.41, 5.74) is 2.53. The number of hydrogen-bond donors (Lipinski definition) is 1. The third kappa shape index (κ3) is 2.97. The number of fused-ring (bicyclic) bond motifs is 1. The summed E-state index contributed by atoms with van der Waals surface area (Å²) >= 11 is 0. The molecule has 0 amide bonds. The van der Waals surface area contributed by atoms with Gasteiger partial charge in [0.1, 0.15) is 6.54 Å². The van der Waals surface area contributed by atoms with Crippen molar-refractivity contribution >= 4 is 10.9 Å². The van der Waals surface area contributed by atoms with Gasteiger partial charge in [-0.15, -0.1) is 0 Å². The molecule has 5 heteroatoms. The number of rotatable bonds is 6. The molecule has 2 aromatic heterocycles. The Balaban J connectivity index is 1.91. The number of aromatic nitrogens is 3. The molecular formula is C16H20N4O. The molecule has 0 unspecified atom stereocenters. The second kappa shape index (κ2) is 6.10. The minimum atomic E-state index is 0.606. The van der Waals surface area contributed by atoms with Crippen molar-refractivity contribution in [2.75, 3.05) is 6.54 Å². The number of nitrogens with one attached hydrogen (secondary N) is 1. The third-order valence-electron chi connectivity index (χ3n) is 3.49. The van der Waals surface area contributed by atoms with Gasteiger partial charge in [-0.2, -0.15) is 4.98 Å². The van der Waals surface area contributed by atoms with Crippen LogP contribution in [0.2, 0.25) is 0 Å². The smallest absolute Gasteiger partial charge is 0.246 e. The fourth-order valence-corrected chi connectivity index (χ4v) is 2.57. The number of aryl methyl sites for hydroxylation is 1. The third-order valence-corrected chi connectivity index (χ3v) is 3.49. The Hall–Kier alpha value is -2.14. The van der Waals surface area contributed by atoms with E-state index in [1.807, 2.05) is 6.92 Å². The van der Waals surface area contributed by atoms with Crippen LogP contribution in [0.25, 0.3) is 10.9 Å². The van der Waals surface area contributed by atoms with E-state index in [0.717, 1.165) is 19.5 Å². The molecule has 110 valence electrons. The molecule has 3 rings (SSSR count). The molecule has 0 saturated heterocycles. The van der Waals surface area contributed by atoms with E-state index in [2.05, 4.69) is 57.4 Å². The lowest BCUT2D eigenvalue weighted by Gasteiger charge is -2.09. The molecule has 1 aromatic carbocycles. The van der Waals surface area contributed by atoms with E-state index in [4.69, 9.17) is 4.52 Å². The lowest BCUT2D eigenvalue weighted by atomic mass is 10.1. The summed E-state index contributed by atoms with van der Waals surface area (Å²) < 4.78 is 7.40. The number of hydrogen-bond acceptors (Lipinski definition) is 4. The average molecular weight is 284 g/mol. The monoisotopic (exact) mass is 284 g/mol. The van der Waals surface area contributed by atoms with Crippen molar-refractivity contribution in [2.45, 2.75) is 33.4 Å². The highest BCUT2D eigenvalue weighted by Crippen LogP contribution is 2.21. The summed E-state index contributed by atoms with van der Waals surface area (Å²) in [4.78, 5) is 4.28. The van der Waals surface area contributed by atoms with Crippen LogP contribution < -0.4 is 5.32 Å². The van der Waals surface area contributed by atoms with Gasteiger partial charge < -0.3 is 14.4 Å². The van der Waals surface area contributed by atoms with Crippen molar-refractivity contribution in [3.05, 3.63) is 47.7 Å². The maximum Gasteiger partial charge on any atom is 0.246 e. The fraction of sp³-hybridized carbons (Fsp3) is 0.375. The summed E-state index contributed by atoms with van der Waals surface area (Å²) in [5, 5.41) is 8.55. The zero-order chi connectivity index (χ0) is 14.7. The summed E-state index contributed by atoms with van der Waals surface area (Å²) in [5.74, 6) is 1.31. The molecule has 0 saturated carbocycles. The van der Waals surface area contributed by atoms with Crippen molar-refractivity contribution in [1.82, 2.24) is 20.0 Å². The Kier molecular flexibility index (Phi) is 4.01. The minimum absolute atomic E-state index is 0.606. The second-order valence-electron chi connectivity index (χ2n) is 5.21. The molecular weight excluding hydrogens is 264 g/mol. The minimum Gasteiger partial charge on any atom is -0.338 e. The van der Waals surface area contributed by atoms with Crippen LogP contribution in [0.3, 0.4) is 0 Å². The molecule has 5 nitrogen and oxygen atoms in total. The van der Waals surface area contributed by atoms with Crippen molar-refractivity contribution in [2.24, 2.45) is 0 Å². The predicted octanol–water partition coefficient (Wildman–Crippen LogP) is 2.88. The molecule has 0 aliphatic carbocycles. The number of benzene rings is 1. The first-order chi connectivity index (χ1) is 10.3. The van der Waals surface area contributed by atoms with Gasteiger partial charge >= 0.3 is 0 Å². The van der Waals surface area contributed by atoms with Gasteiger partial charge in [0.15, 0.2) is 5.82 Å². The molecule has 21 heavy (non-hydrogen) atoms. The Morgan fingerprint density at radius 1 is 1.29 bits per heavy atom. The van der Waals surface area contributed by atoms with Gasteiger partial charge in [-0.25, -0.2) is 0 Å². The van der Waals surface area contributed by atoms with Crippen LogP contribution in [-0.4, -0.2) is 21.3 Å². The van der Waals surface area contributed by atoms with Gasteiger partial charge in [-0.05, 0) is 36.9 Å². The van der Waals surface area contributed by atoms with Crippen molar-refractivity contribution in [3.8, 4) is 0 Å². The summed E-state index contributed by atoms with van der Waals surface area (Å²) in [6.07, 6.45) is 3.21. The first-order valence-electron chi connectivity index (χ1n) is 7.34. The zero-order valence-corrected chi connectivity index (χ0v) is 12.5. The van der Waals surface area contributed by atoms with Crippen LogP contribution in [-0.2, 0) is 13.1 Å². The lowest BCUT2D eigenvalue weighted by molar-refractivity contribution is 0.369. The van der Waals surface area contributed by atoms with Crippen LogP contribution in [0, 0.1) is 6.92 Å². The van der Waals surface area contributed by atoms with E-state index in [9.17, 15) is 0 Å². The molecule has 0 spiro atoms. The lowest BCUT2D eigenvalue weighted by Crippen LogP contribution is -2.14. The SMILES string of the molecule is CCCNCc1cccc2ccn(Cc3nc(C)no3)c12. The Bertz CT molecular complexity index is 729. The molecule has 0 aliphatic heterocycles. The molecule has 0 radical (unpaired) electrons. The van der Waals surface area contributed by atoms with E-state index < -0.39 is 0 Å². The highest BCUT2D eigenvalue weighted by Gasteiger charge is 2.09. The molecule has 2 heterocycles.